The summed E-state index contributed by atoms with van der Waals surface area (Å²) in [5.41, 5.74) is 0.806. The number of nitrogens with zero attached hydrogens (tertiary/aromatic N) is 1. The lowest BCUT2D eigenvalue weighted by Crippen LogP contribution is -2.36. The zero-order chi connectivity index (χ0) is 12.3. The molecule has 1 N–H and O–H groups in total. The van der Waals surface area contributed by atoms with E-state index in [4.69, 9.17) is 5.11 Å². The highest BCUT2D eigenvalue weighted by Crippen LogP contribution is 2.27. The Bertz CT molecular complexity index is 387. The summed E-state index contributed by atoms with van der Waals surface area (Å²) in [6, 6.07) is 6.26. The van der Waals surface area contributed by atoms with Crippen LogP contribution in [-0.2, 0) is 11.2 Å². The van der Waals surface area contributed by atoms with Gasteiger partial charge in [-0.15, -0.1) is 0 Å². The van der Waals surface area contributed by atoms with Crippen molar-refractivity contribution in [2.24, 2.45) is 0 Å². The van der Waals surface area contributed by atoms with E-state index < -0.39 is 0 Å². The van der Waals surface area contributed by atoms with Gasteiger partial charge >= 0.3 is 0 Å². The summed E-state index contributed by atoms with van der Waals surface area (Å²) in [6.07, 6.45) is 2.32. The summed E-state index contributed by atoms with van der Waals surface area (Å²) in [5, 5.41) is 8.92. The first-order valence-corrected chi connectivity index (χ1v) is 5.85. The first kappa shape index (κ1) is 12.0. The number of benzene rings is 1. The summed E-state index contributed by atoms with van der Waals surface area (Å²) in [6.45, 7) is 0.385. The number of aliphatic hydroxyl groups is 1. The van der Waals surface area contributed by atoms with Gasteiger partial charge in [0.1, 0.15) is 5.82 Å². The second kappa shape index (κ2) is 5.27. The SMILES string of the molecule is O=C(Cc1ccc(F)cc1)N(CCO)C1CC1. The number of carbonyl (C=O) groups excluding carboxylic acids is 1. The van der Waals surface area contributed by atoms with Gasteiger partial charge in [0.25, 0.3) is 0 Å². The molecule has 1 aliphatic carbocycles. The minimum atomic E-state index is -0.296. The van der Waals surface area contributed by atoms with Crippen molar-refractivity contribution in [1.29, 1.82) is 0 Å². The highest BCUT2D eigenvalue weighted by atomic mass is 19.1. The van der Waals surface area contributed by atoms with Crippen LogP contribution in [0.1, 0.15) is 18.4 Å². The van der Waals surface area contributed by atoms with Crippen molar-refractivity contribution in [3.63, 3.8) is 0 Å². The van der Waals surface area contributed by atoms with Gasteiger partial charge in [0, 0.05) is 12.6 Å². The van der Waals surface area contributed by atoms with Crippen LogP contribution in [0, 0.1) is 5.82 Å². The lowest BCUT2D eigenvalue weighted by Gasteiger charge is -2.21. The first-order valence-electron chi connectivity index (χ1n) is 5.85. The van der Waals surface area contributed by atoms with Crippen LogP contribution in [0.5, 0.6) is 0 Å². The molecule has 1 amide bonds. The molecule has 1 saturated carbocycles. The van der Waals surface area contributed by atoms with Crippen molar-refractivity contribution in [2.45, 2.75) is 25.3 Å². The molecule has 1 aromatic carbocycles. The Kier molecular flexibility index (Phi) is 3.74. The molecule has 3 nitrogen and oxygen atoms in total. The molecule has 0 aliphatic heterocycles. The van der Waals surface area contributed by atoms with E-state index in [-0.39, 0.29) is 24.8 Å². The molecule has 0 unspecified atom stereocenters. The summed E-state index contributed by atoms with van der Waals surface area (Å²) < 4.78 is 12.7. The Morgan fingerprint density at radius 3 is 2.53 bits per heavy atom. The molecule has 1 fully saturated rings. The lowest BCUT2D eigenvalue weighted by atomic mass is 10.1. The van der Waals surface area contributed by atoms with E-state index in [1.807, 2.05) is 0 Å². The smallest absolute Gasteiger partial charge is 0.227 e. The largest absolute Gasteiger partial charge is 0.395 e. The Morgan fingerprint density at radius 2 is 2.00 bits per heavy atom. The molecule has 2 rings (SSSR count). The second-order valence-corrected chi connectivity index (χ2v) is 4.35. The van der Waals surface area contributed by atoms with Gasteiger partial charge in [-0.3, -0.25) is 4.79 Å². The van der Waals surface area contributed by atoms with Crippen LogP contribution in [0.2, 0.25) is 0 Å². The van der Waals surface area contributed by atoms with Crippen LogP contribution in [0.25, 0.3) is 0 Å². The highest BCUT2D eigenvalue weighted by molar-refractivity contribution is 5.79. The average Bonchev–Trinajstić information content (AvgIpc) is 3.13. The van der Waals surface area contributed by atoms with E-state index >= 15 is 0 Å². The zero-order valence-corrected chi connectivity index (χ0v) is 9.60. The average molecular weight is 237 g/mol. The summed E-state index contributed by atoms with van der Waals surface area (Å²) >= 11 is 0. The molecular formula is C13H16FNO2. The summed E-state index contributed by atoms with van der Waals surface area (Å²) in [4.78, 5) is 13.7. The molecule has 92 valence electrons. The van der Waals surface area contributed by atoms with Gasteiger partial charge in [0.2, 0.25) is 5.91 Å². The molecule has 0 aromatic heterocycles. The fourth-order valence-corrected chi connectivity index (χ4v) is 1.88. The van der Waals surface area contributed by atoms with Crippen molar-refractivity contribution in [3.05, 3.63) is 35.6 Å². The van der Waals surface area contributed by atoms with E-state index in [0.29, 0.717) is 12.6 Å². The van der Waals surface area contributed by atoms with Crippen molar-refractivity contribution in [1.82, 2.24) is 4.90 Å². The summed E-state index contributed by atoms with van der Waals surface area (Å²) in [7, 11) is 0. The predicted molar refractivity (Wildman–Crippen MR) is 61.9 cm³/mol. The number of halogens is 1. The fourth-order valence-electron chi connectivity index (χ4n) is 1.88. The number of hydrogen-bond donors (Lipinski definition) is 1. The van der Waals surface area contributed by atoms with E-state index in [1.165, 1.54) is 12.1 Å². The molecule has 0 bridgehead atoms. The molecule has 1 aromatic rings. The molecule has 0 radical (unpaired) electrons. The number of rotatable bonds is 5. The van der Waals surface area contributed by atoms with Gasteiger partial charge in [-0.05, 0) is 30.5 Å². The third-order valence-electron chi connectivity index (χ3n) is 2.92. The molecule has 4 heteroatoms. The standard InChI is InChI=1S/C13H16FNO2/c14-11-3-1-10(2-4-11)9-13(17)15(7-8-16)12-5-6-12/h1-4,12,16H,5-9H2. The van der Waals surface area contributed by atoms with Gasteiger partial charge in [0.15, 0.2) is 0 Å². The minimum Gasteiger partial charge on any atom is -0.395 e. The van der Waals surface area contributed by atoms with Crippen LogP contribution in [0.4, 0.5) is 4.39 Å². The zero-order valence-electron chi connectivity index (χ0n) is 9.60. The Morgan fingerprint density at radius 1 is 1.35 bits per heavy atom. The van der Waals surface area contributed by atoms with Gasteiger partial charge in [-0.2, -0.15) is 0 Å². The predicted octanol–water partition coefficient (Wildman–Crippen LogP) is 1.35. The quantitative estimate of drug-likeness (QED) is 0.839. The normalized spacial score (nSPS) is 14.7. The first-order chi connectivity index (χ1) is 8.20. The fraction of sp³-hybridized carbons (Fsp3) is 0.462. The Labute approximate surface area is 99.9 Å². The van der Waals surface area contributed by atoms with Gasteiger partial charge in [-0.1, -0.05) is 12.1 Å². The molecular weight excluding hydrogens is 221 g/mol. The molecule has 0 heterocycles. The van der Waals surface area contributed by atoms with E-state index in [9.17, 15) is 9.18 Å². The van der Waals surface area contributed by atoms with Crippen molar-refractivity contribution >= 4 is 5.91 Å². The molecule has 1 aliphatic rings. The van der Waals surface area contributed by atoms with Crippen LogP contribution >= 0.6 is 0 Å². The topological polar surface area (TPSA) is 40.5 Å². The Balaban J connectivity index is 1.96. The molecule has 0 atom stereocenters. The van der Waals surface area contributed by atoms with E-state index in [0.717, 1.165) is 18.4 Å². The maximum atomic E-state index is 12.7. The van der Waals surface area contributed by atoms with Crippen LogP contribution < -0.4 is 0 Å². The third-order valence-corrected chi connectivity index (χ3v) is 2.92. The number of carbonyl (C=O) groups is 1. The highest BCUT2D eigenvalue weighted by Gasteiger charge is 2.31. The number of aliphatic hydroxyl groups excluding tert-OH is 1. The van der Waals surface area contributed by atoms with Crippen LogP contribution in [0.15, 0.2) is 24.3 Å². The van der Waals surface area contributed by atoms with Crippen molar-refractivity contribution in [3.8, 4) is 0 Å². The monoisotopic (exact) mass is 237 g/mol. The lowest BCUT2D eigenvalue weighted by molar-refractivity contribution is -0.131. The van der Waals surface area contributed by atoms with Gasteiger partial charge < -0.3 is 10.0 Å². The molecule has 17 heavy (non-hydrogen) atoms. The van der Waals surface area contributed by atoms with E-state index in [1.54, 1.807) is 17.0 Å². The number of hydrogen-bond acceptors (Lipinski definition) is 2. The maximum absolute atomic E-state index is 12.7. The minimum absolute atomic E-state index is 0.00755. The maximum Gasteiger partial charge on any atom is 0.227 e. The van der Waals surface area contributed by atoms with Crippen molar-refractivity contribution < 1.29 is 14.3 Å². The Hall–Kier alpha value is -1.42. The van der Waals surface area contributed by atoms with Crippen LogP contribution in [-0.4, -0.2) is 35.1 Å². The van der Waals surface area contributed by atoms with Crippen molar-refractivity contribution in [2.75, 3.05) is 13.2 Å². The third kappa shape index (κ3) is 3.27. The van der Waals surface area contributed by atoms with Gasteiger partial charge in [-0.25, -0.2) is 4.39 Å². The molecule has 0 spiro atoms. The summed E-state index contributed by atoms with van der Waals surface area (Å²) in [5.74, 6) is -0.288. The number of amides is 1. The molecule has 0 saturated heterocycles. The van der Waals surface area contributed by atoms with Crippen LogP contribution in [0.3, 0.4) is 0 Å². The van der Waals surface area contributed by atoms with E-state index in [2.05, 4.69) is 0 Å². The second-order valence-electron chi connectivity index (χ2n) is 4.35. The van der Waals surface area contributed by atoms with Gasteiger partial charge in [0.05, 0.1) is 13.0 Å².